The largest absolute Gasteiger partial charge is 0.497 e. The molecule has 9 heteroatoms. The monoisotopic (exact) mass is 432 g/mol. The minimum absolute atomic E-state index is 0.0205. The molecule has 29 heavy (non-hydrogen) atoms. The van der Waals surface area contributed by atoms with Crippen LogP contribution in [0.1, 0.15) is 21.8 Å². The van der Waals surface area contributed by atoms with Gasteiger partial charge in [-0.05, 0) is 42.1 Å². The molecule has 4 rings (SSSR count). The number of hydrogen-bond acceptors (Lipinski definition) is 7. The van der Waals surface area contributed by atoms with Gasteiger partial charge in [-0.1, -0.05) is 11.2 Å². The van der Waals surface area contributed by atoms with Crippen LogP contribution >= 0.6 is 11.3 Å². The zero-order valence-electron chi connectivity index (χ0n) is 15.8. The first kappa shape index (κ1) is 19.7. The smallest absolute Gasteiger partial charge is 0.276 e. The Hall–Kier alpha value is -2.65. The van der Waals surface area contributed by atoms with Gasteiger partial charge in [0.05, 0.1) is 25.2 Å². The standard InChI is InChI=1S/C20H20N2O5S2/c1-26-16-6-4-14(5-7-16)19-11-18(21-27-19)20(23)22(12-17-3-2-9-28-17)15-8-10-29(24,25)13-15/h2-7,9,11,15H,8,10,12-13H2,1H3. The van der Waals surface area contributed by atoms with Gasteiger partial charge in [0.15, 0.2) is 21.3 Å². The highest BCUT2D eigenvalue weighted by Crippen LogP contribution is 2.26. The molecule has 7 nitrogen and oxygen atoms in total. The summed E-state index contributed by atoms with van der Waals surface area (Å²) in [7, 11) is -1.54. The second kappa shape index (κ2) is 8.00. The van der Waals surface area contributed by atoms with Crippen molar-refractivity contribution in [2.24, 2.45) is 0 Å². The maximum Gasteiger partial charge on any atom is 0.276 e. The number of thiophene rings is 1. The Balaban J connectivity index is 1.59. The van der Waals surface area contributed by atoms with Crippen LogP contribution in [0.3, 0.4) is 0 Å². The van der Waals surface area contributed by atoms with Crippen molar-refractivity contribution in [1.29, 1.82) is 0 Å². The van der Waals surface area contributed by atoms with Gasteiger partial charge in [-0.3, -0.25) is 4.79 Å². The summed E-state index contributed by atoms with van der Waals surface area (Å²) in [6.07, 6.45) is 0.433. The minimum Gasteiger partial charge on any atom is -0.497 e. The highest BCUT2D eigenvalue weighted by Gasteiger charge is 2.36. The Labute approximate surface area is 172 Å². The zero-order chi connectivity index (χ0) is 20.4. The fraction of sp³-hybridized carbons (Fsp3) is 0.300. The zero-order valence-corrected chi connectivity index (χ0v) is 17.4. The van der Waals surface area contributed by atoms with Crippen LogP contribution in [-0.2, 0) is 16.4 Å². The van der Waals surface area contributed by atoms with Crippen LogP contribution < -0.4 is 4.74 Å². The summed E-state index contributed by atoms with van der Waals surface area (Å²) in [5.74, 6) is 0.930. The van der Waals surface area contributed by atoms with Crippen molar-refractivity contribution in [3.63, 3.8) is 0 Å². The number of carbonyl (C=O) groups is 1. The molecule has 152 valence electrons. The van der Waals surface area contributed by atoms with Crippen LogP contribution in [0, 0.1) is 0 Å². The number of methoxy groups -OCH3 is 1. The van der Waals surface area contributed by atoms with E-state index in [9.17, 15) is 13.2 Å². The van der Waals surface area contributed by atoms with E-state index in [1.54, 1.807) is 30.2 Å². The van der Waals surface area contributed by atoms with Crippen molar-refractivity contribution in [1.82, 2.24) is 10.1 Å². The molecule has 0 N–H and O–H groups in total. The molecule has 1 atom stereocenters. The SMILES string of the molecule is COc1ccc(-c2cc(C(=O)N(Cc3cccs3)C3CCS(=O)(=O)C3)no2)cc1. The second-order valence-corrected chi connectivity index (χ2v) is 10.1. The van der Waals surface area contributed by atoms with Gasteiger partial charge in [-0.15, -0.1) is 11.3 Å². The molecular weight excluding hydrogens is 412 g/mol. The molecule has 0 radical (unpaired) electrons. The number of benzene rings is 1. The molecule has 1 aliphatic heterocycles. The summed E-state index contributed by atoms with van der Waals surface area (Å²) < 4.78 is 34.5. The van der Waals surface area contributed by atoms with Gasteiger partial charge >= 0.3 is 0 Å². The Kier molecular flexibility index (Phi) is 5.42. The molecule has 2 aromatic heterocycles. The molecule has 0 bridgehead atoms. The molecule has 1 fully saturated rings. The molecule has 1 amide bonds. The van der Waals surface area contributed by atoms with E-state index in [1.165, 1.54) is 11.3 Å². The van der Waals surface area contributed by atoms with Gasteiger partial charge in [-0.25, -0.2) is 8.42 Å². The Morgan fingerprint density at radius 2 is 2.10 bits per heavy atom. The lowest BCUT2D eigenvalue weighted by Crippen LogP contribution is -2.40. The lowest BCUT2D eigenvalue weighted by molar-refractivity contribution is 0.0672. The molecule has 0 spiro atoms. The average molecular weight is 433 g/mol. The molecule has 1 aromatic carbocycles. The van der Waals surface area contributed by atoms with Crippen molar-refractivity contribution in [3.05, 3.63) is 58.4 Å². The molecular formula is C20H20N2O5S2. The van der Waals surface area contributed by atoms with E-state index in [1.807, 2.05) is 29.6 Å². The van der Waals surface area contributed by atoms with Gasteiger partial charge in [-0.2, -0.15) is 0 Å². The average Bonchev–Trinajstić information content (AvgIpc) is 3.47. The van der Waals surface area contributed by atoms with Crippen molar-refractivity contribution in [3.8, 4) is 17.1 Å². The number of hydrogen-bond donors (Lipinski definition) is 0. The van der Waals surface area contributed by atoms with Crippen molar-refractivity contribution >= 4 is 27.1 Å². The van der Waals surface area contributed by atoms with Crippen LogP contribution in [0.2, 0.25) is 0 Å². The van der Waals surface area contributed by atoms with E-state index in [2.05, 4.69) is 5.16 Å². The van der Waals surface area contributed by atoms with E-state index in [0.29, 0.717) is 24.5 Å². The third-order valence-electron chi connectivity index (χ3n) is 4.92. The summed E-state index contributed by atoms with van der Waals surface area (Å²) in [5.41, 5.74) is 0.933. The number of ether oxygens (including phenoxy) is 1. The highest BCUT2D eigenvalue weighted by atomic mass is 32.2. The first-order chi connectivity index (χ1) is 13.9. The van der Waals surface area contributed by atoms with E-state index < -0.39 is 9.84 Å². The lowest BCUT2D eigenvalue weighted by Gasteiger charge is -2.26. The number of sulfone groups is 1. The maximum atomic E-state index is 13.2. The van der Waals surface area contributed by atoms with E-state index in [4.69, 9.17) is 9.26 Å². The van der Waals surface area contributed by atoms with Crippen LogP contribution in [0.15, 0.2) is 52.4 Å². The Morgan fingerprint density at radius 3 is 2.72 bits per heavy atom. The number of nitrogens with zero attached hydrogens (tertiary/aromatic N) is 2. The van der Waals surface area contributed by atoms with Crippen LogP contribution in [0.5, 0.6) is 5.75 Å². The lowest BCUT2D eigenvalue weighted by atomic mass is 10.1. The van der Waals surface area contributed by atoms with Gasteiger partial charge in [0.25, 0.3) is 5.91 Å². The van der Waals surface area contributed by atoms with Crippen molar-refractivity contribution in [2.45, 2.75) is 19.0 Å². The predicted molar refractivity (Wildman–Crippen MR) is 110 cm³/mol. The van der Waals surface area contributed by atoms with Crippen molar-refractivity contribution < 1.29 is 22.5 Å². The fourth-order valence-electron chi connectivity index (χ4n) is 3.37. The number of aromatic nitrogens is 1. The Bertz CT molecular complexity index is 1090. The van der Waals surface area contributed by atoms with Crippen molar-refractivity contribution in [2.75, 3.05) is 18.6 Å². The highest BCUT2D eigenvalue weighted by molar-refractivity contribution is 7.91. The van der Waals surface area contributed by atoms with Crippen LogP contribution in [0.4, 0.5) is 0 Å². The van der Waals surface area contributed by atoms with Gasteiger partial charge < -0.3 is 14.2 Å². The predicted octanol–water partition coefficient (Wildman–Crippen LogP) is 3.24. The summed E-state index contributed by atoms with van der Waals surface area (Å²) in [6.45, 7) is 0.349. The summed E-state index contributed by atoms with van der Waals surface area (Å²) in [4.78, 5) is 15.8. The normalized spacial score (nSPS) is 17.9. The molecule has 0 saturated carbocycles. The quantitative estimate of drug-likeness (QED) is 0.594. The Morgan fingerprint density at radius 1 is 1.31 bits per heavy atom. The summed E-state index contributed by atoms with van der Waals surface area (Å²) >= 11 is 1.53. The van der Waals surface area contributed by atoms with E-state index in [0.717, 1.165) is 10.4 Å². The maximum absolute atomic E-state index is 13.2. The molecule has 1 saturated heterocycles. The molecule has 3 heterocycles. The first-order valence-corrected chi connectivity index (χ1v) is 11.8. The number of amides is 1. The topological polar surface area (TPSA) is 89.7 Å². The number of carbonyl (C=O) groups excluding carboxylic acids is 1. The van der Waals surface area contributed by atoms with Gasteiger partial charge in [0, 0.05) is 22.5 Å². The molecule has 0 aliphatic carbocycles. The van der Waals surface area contributed by atoms with E-state index >= 15 is 0 Å². The summed E-state index contributed by atoms with van der Waals surface area (Å²) in [5, 5.41) is 5.88. The van der Waals surface area contributed by atoms with Crippen LogP contribution in [-0.4, -0.2) is 49.0 Å². The summed E-state index contributed by atoms with van der Waals surface area (Å²) in [6, 6.07) is 12.3. The van der Waals surface area contributed by atoms with Crippen LogP contribution in [0.25, 0.3) is 11.3 Å². The number of rotatable bonds is 6. The third kappa shape index (κ3) is 4.35. The van der Waals surface area contributed by atoms with E-state index in [-0.39, 0.29) is 29.1 Å². The van der Waals surface area contributed by atoms with Gasteiger partial charge in [0.1, 0.15) is 5.75 Å². The third-order valence-corrected chi connectivity index (χ3v) is 7.53. The molecule has 1 unspecified atom stereocenters. The second-order valence-electron chi connectivity index (χ2n) is 6.87. The van der Waals surface area contributed by atoms with Gasteiger partial charge in [0.2, 0.25) is 0 Å². The molecule has 3 aromatic rings. The fourth-order valence-corrected chi connectivity index (χ4v) is 5.81. The molecule has 1 aliphatic rings. The first-order valence-electron chi connectivity index (χ1n) is 9.10. The minimum atomic E-state index is -3.13.